The summed E-state index contributed by atoms with van der Waals surface area (Å²) < 4.78 is 14.4. The second-order valence-electron chi connectivity index (χ2n) is 8.57. The van der Waals surface area contributed by atoms with E-state index in [9.17, 15) is 9.18 Å². The van der Waals surface area contributed by atoms with Gasteiger partial charge in [-0.2, -0.15) is 0 Å². The van der Waals surface area contributed by atoms with Gasteiger partial charge < -0.3 is 10.2 Å². The Hall–Kier alpha value is -2.48. The first-order valence-electron chi connectivity index (χ1n) is 10.8. The largest absolute Gasteiger partial charge is 0.325 e. The minimum atomic E-state index is -0.261. The van der Waals surface area contributed by atoms with Gasteiger partial charge >= 0.3 is 6.03 Å². The lowest BCUT2D eigenvalue weighted by Gasteiger charge is -2.40. The Kier molecular flexibility index (Phi) is 5.18. The minimum Gasteiger partial charge on any atom is -0.317 e. The van der Waals surface area contributed by atoms with Crippen LogP contribution in [0.15, 0.2) is 48.5 Å². The zero-order valence-corrected chi connectivity index (χ0v) is 17.0. The third-order valence-corrected chi connectivity index (χ3v) is 6.81. The van der Waals surface area contributed by atoms with Crippen LogP contribution in [0, 0.1) is 5.82 Å². The van der Waals surface area contributed by atoms with Gasteiger partial charge in [-0.1, -0.05) is 30.3 Å². The van der Waals surface area contributed by atoms with Gasteiger partial charge in [0.2, 0.25) is 0 Å². The molecule has 0 atom stereocenters. The van der Waals surface area contributed by atoms with E-state index in [0.717, 1.165) is 44.7 Å². The van der Waals surface area contributed by atoms with E-state index in [1.54, 1.807) is 12.1 Å². The molecule has 6 nitrogen and oxygen atoms in total. The van der Waals surface area contributed by atoms with Crippen molar-refractivity contribution in [2.24, 2.45) is 0 Å². The van der Waals surface area contributed by atoms with E-state index in [4.69, 9.17) is 0 Å². The Morgan fingerprint density at radius 2 is 1.70 bits per heavy atom. The summed E-state index contributed by atoms with van der Waals surface area (Å²) in [6, 6.07) is 15.1. The zero-order chi connectivity index (χ0) is 20.6. The van der Waals surface area contributed by atoms with Crippen LogP contribution in [-0.2, 0) is 6.54 Å². The standard InChI is InChI=1S/C23H28FN5O/c24-21-4-2-1-3-18(21)15-29-22(30)28(16-23(29)9-11-25-12-10-23)20-7-5-17(6-8-20)19-13-26-27-14-19/h1-8,19,25-27H,9-16H2. The quantitative estimate of drug-likeness (QED) is 0.727. The number of piperidine rings is 1. The van der Waals surface area contributed by atoms with Gasteiger partial charge in [-0.3, -0.25) is 15.8 Å². The third kappa shape index (κ3) is 3.47. The lowest BCUT2D eigenvalue weighted by Crippen LogP contribution is -2.53. The van der Waals surface area contributed by atoms with Crippen LogP contribution in [0.4, 0.5) is 14.9 Å². The summed E-state index contributed by atoms with van der Waals surface area (Å²) in [7, 11) is 0. The molecule has 2 aromatic carbocycles. The number of hydrazine groups is 1. The summed E-state index contributed by atoms with van der Waals surface area (Å²) in [5.41, 5.74) is 8.81. The summed E-state index contributed by atoms with van der Waals surface area (Å²) in [5, 5.41) is 3.40. The summed E-state index contributed by atoms with van der Waals surface area (Å²) in [5.74, 6) is 0.192. The molecule has 30 heavy (non-hydrogen) atoms. The van der Waals surface area contributed by atoms with E-state index >= 15 is 0 Å². The number of amides is 2. The van der Waals surface area contributed by atoms with Crippen molar-refractivity contribution in [3.05, 3.63) is 65.5 Å². The van der Waals surface area contributed by atoms with Crippen LogP contribution in [-0.4, -0.2) is 49.2 Å². The Morgan fingerprint density at radius 1 is 1.00 bits per heavy atom. The van der Waals surface area contributed by atoms with Gasteiger partial charge in [0.25, 0.3) is 0 Å². The number of carbonyl (C=O) groups excluding carboxylic acids is 1. The van der Waals surface area contributed by atoms with Gasteiger partial charge in [0.05, 0.1) is 18.6 Å². The van der Waals surface area contributed by atoms with Crippen LogP contribution in [0.5, 0.6) is 0 Å². The van der Waals surface area contributed by atoms with E-state index in [1.807, 2.05) is 28.0 Å². The van der Waals surface area contributed by atoms with Crippen LogP contribution < -0.4 is 21.1 Å². The van der Waals surface area contributed by atoms with Crippen molar-refractivity contribution < 1.29 is 9.18 Å². The first kappa shape index (κ1) is 19.5. The monoisotopic (exact) mass is 409 g/mol. The highest BCUT2D eigenvalue weighted by Crippen LogP contribution is 2.38. The molecule has 1 spiro atoms. The molecular formula is C23H28FN5O. The predicted octanol–water partition coefficient (Wildman–Crippen LogP) is 2.58. The number of hydrogen-bond donors (Lipinski definition) is 3. The Balaban J connectivity index is 1.42. The summed E-state index contributed by atoms with van der Waals surface area (Å²) in [6.07, 6.45) is 1.75. The zero-order valence-electron chi connectivity index (χ0n) is 17.0. The van der Waals surface area contributed by atoms with E-state index < -0.39 is 0 Å². The van der Waals surface area contributed by atoms with Crippen molar-refractivity contribution >= 4 is 11.7 Å². The van der Waals surface area contributed by atoms with Crippen molar-refractivity contribution in [3.8, 4) is 0 Å². The van der Waals surface area contributed by atoms with Gasteiger partial charge in [0, 0.05) is 30.3 Å². The number of rotatable bonds is 4. The number of nitrogens with zero attached hydrogens (tertiary/aromatic N) is 2. The lowest BCUT2D eigenvalue weighted by molar-refractivity contribution is 0.119. The van der Waals surface area contributed by atoms with Gasteiger partial charge in [0.15, 0.2) is 0 Å². The molecule has 0 bridgehead atoms. The molecule has 7 heteroatoms. The molecule has 3 heterocycles. The van der Waals surface area contributed by atoms with Crippen LogP contribution in [0.3, 0.4) is 0 Å². The van der Waals surface area contributed by atoms with Crippen LogP contribution >= 0.6 is 0 Å². The van der Waals surface area contributed by atoms with E-state index in [0.29, 0.717) is 24.6 Å². The SMILES string of the molecule is O=C1N(c2ccc(C3CNNC3)cc2)CC2(CCNCC2)N1Cc1ccccc1F. The Labute approximate surface area is 176 Å². The first-order valence-corrected chi connectivity index (χ1v) is 10.8. The highest BCUT2D eigenvalue weighted by molar-refractivity contribution is 5.95. The lowest BCUT2D eigenvalue weighted by atomic mass is 9.87. The summed E-state index contributed by atoms with van der Waals surface area (Å²) >= 11 is 0. The second kappa shape index (κ2) is 7.98. The molecule has 2 amide bonds. The topological polar surface area (TPSA) is 59.6 Å². The van der Waals surface area contributed by atoms with Gasteiger partial charge in [-0.25, -0.2) is 9.18 Å². The van der Waals surface area contributed by atoms with Crippen LogP contribution in [0.2, 0.25) is 0 Å². The third-order valence-electron chi connectivity index (χ3n) is 6.81. The number of anilines is 1. The average molecular weight is 410 g/mol. The number of halogens is 1. The smallest absolute Gasteiger partial charge is 0.317 e. The molecule has 158 valence electrons. The fourth-order valence-corrected chi connectivity index (χ4v) is 4.98. The van der Waals surface area contributed by atoms with Gasteiger partial charge in [-0.05, 0) is 49.7 Å². The molecule has 0 unspecified atom stereocenters. The molecule has 5 rings (SSSR count). The maximum atomic E-state index is 14.4. The van der Waals surface area contributed by atoms with Gasteiger partial charge in [-0.15, -0.1) is 0 Å². The van der Waals surface area contributed by atoms with E-state index in [-0.39, 0.29) is 17.4 Å². The molecule has 3 aliphatic heterocycles. The molecule has 0 saturated carbocycles. The highest BCUT2D eigenvalue weighted by Gasteiger charge is 2.50. The molecule has 3 fully saturated rings. The molecule has 0 aromatic heterocycles. The molecule has 3 N–H and O–H groups in total. The molecular weight excluding hydrogens is 381 g/mol. The van der Waals surface area contributed by atoms with Crippen LogP contribution in [0.1, 0.15) is 29.9 Å². The Morgan fingerprint density at radius 3 is 2.40 bits per heavy atom. The number of carbonyl (C=O) groups is 1. The van der Waals surface area contributed by atoms with Crippen molar-refractivity contribution in [2.45, 2.75) is 30.8 Å². The molecule has 3 saturated heterocycles. The molecule has 0 aliphatic carbocycles. The fraction of sp³-hybridized carbons (Fsp3) is 0.435. The average Bonchev–Trinajstić information content (AvgIpc) is 3.40. The van der Waals surface area contributed by atoms with E-state index in [2.05, 4.69) is 28.3 Å². The summed E-state index contributed by atoms with van der Waals surface area (Å²) in [4.78, 5) is 17.3. The molecule has 2 aromatic rings. The van der Waals surface area contributed by atoms with Crippen molar-refractivity contribution in [1.82, 2.24) is 21.1 Å². The predicted molar refractivity (Wildman–Crippen MR) is 115 cm³/mol. The number of nitrogens with one attached hydrogen (secondary N) is 3. The van der Waals surface area contributed by atoms with Crippen molar-refractivity contribution in [1.29, 1.82) is 0 Å². The van der Waals surface area contributed by atoms with E-state index in [1.165, 1.54) is 11.6 Å². The summed E-state index contributed by atoms with van der Waals surface area (Å²) in [6.45, 7) is 4.52. The maximum Gasteiger partial charge on any atom is 0.325 e. The minimum absolute atomic E-state index is 0.0305. The molecule has 3 aliphatic rings. The normalized spacial score (nSPS) is 21.7. The number of benzene rings is 2. The maximum absolute atomic E-state index is 14.4. The molecule has 0 radical (unpaired) electrons. The highest BCUT2D eigenvalue weighted by atomic mass is 19.1. The van der Waals surface area contributed by atoms with Gasteiger partial charge in [0.1, 0.15) is 5.82 Å². The second-order valence-corrected chi connectivity index (χ2v) is 8.57. The first-order chi connectivity index (χ1) is 14.7. The van der Waals surface area contributed by atoms with Crippen LogP contribution in [0.25, 0.3) is 0 Å². The van der Waals surface area contributed by atoms with Crippen molar-refractivity contribution in [3.63, 3.8) is 0 Å². The fourth-order valence-electron chi connectivity index (χ4n) is 4.98. The number of urea groups is 1. The Bertz CT molecular complexity index is 906. The van der Waals surface area contributed by atoms with Crippen molar-refractivity contribution in [2.75, 3.05) is 37.6 Å². The number of hydrogen-bond acceptors (Lipinski definition) is 4.